The van der Waals surface area contributed by atoms with Crippen molar-refractivity contribution in [3.05, 3.63) is 5.89 Å². The van der Waals surface area contributed by atoms with E-state index in [1.54, 1.807) is 7.11 Å². The van der Waals surface area contributed by atoms with E-state index >= 15 is 0 Å². The number of carbonyl (C=O) groups is 1. The van der Waals surface area contributed by atoms with E-state index in [-0.39, 0.29) is 6.47 Å². The summed E-state index contributed by atoms with van der Waals surface area (Å²) < 4.78 is 10.6. The van der Waals surface area contributed by atoms with E-state index in [4.69, 9.17) is 19.1 Å². The minimum absolute atomic E-state index is 0.250. The average molecular weight is 298 g/mol. The lowest BCUT2D eigenvalue weighted by Gasteiger charge is -2.24. The molecule has 2 aliphatic heterocycles. The number of hydrogen-bond acceptors (Lipinski definition) is 7. The second-order valence-electron chi connectivity index (χ2n) is 5.15. The van der Waals surface area contributed by atoms with E-state index in [0.29, 0.717) is 24.6 Å². The van der Waals surface area contributed by atoms with Crippen molar-refractivity contribution in [1.29, 1.82) is 0 Å². The molecule has 8 nitrogen and oxygen atoms in total. The Kier molecular flexibility index (Phi) is 5.94. The van der Waals surface area contributed by atoms with Gasteiger partial charge in [-0.25, -0.2) is 0 Å². The van der Waals surface area contributed by atoms with Gasteiger partial charge >= 0.3 is 6.01 Å². The number of ether oxygens (including phenoxy) is 1. The second-order valence-corrected chi connectivity index (χ2v) is 5.15. The summed E-state index contributed by atoms with van der Waals surface area (Å²) >= 11 is 0. The van der Waals surface area contributed by atoms with Gasteiger partial charge in [-0.15, -0.1) is 5.10 Å². The van der Waals surface area contributed by atoms with Gasteiger partial charge in [-0.3, -0.25) is 9.69 Å². The lowest BCUT2D eigenvalue weighted by Crippen LogP contribution is -2.36. The van der Waals surface area contributed by atoms with Crippen LogP contribution < -0.4 is 4.90 Å². The van der Waals surface area contributed by atoms with E-state index in [9.17, 15) is 0 Å². The molecule has 1 aromatic rings. The fourth-order valence-corrected chi connectivity index (χ4v) is 2.93. The topological polar surface area (TPSA) is 91.9 Å². The Labute approximate surface area is 123 Å². The first-order chi connectivity index (χ1) is 10.3. The molecule has 2 fully saturated rings. The highest BCUT2D eigenvalue weighted by atomic mass is 16.5. The Morgan fingerprint density at radius 2 is 2.14 bits per heavy atom. The van der Waals surface area contributed by atoms with Crippen molar-refractivity contribution >= 4 is 12.5 Å². The molecule has 3 heterocycles. The quantitative estimate of drug-likeness (QED) is 0.811. The summed E-state index contributed by atoms with van der Waals surface area (Å²) in [4.78, 5) is 13.2. The minimum Gasteiger partial charge on any atom is -0.483 e. The van der Waals surface area contributed by atoms with Crippen molar-refractivity contribution in [2.45, 2.75) is 31.9 Å². The molecular weight excluding hydrogens is 276 g/mol. The number of fused-ring (bicyclic) bond motifs is 1. The van der Waals surface area contributed by atoms with Crippen LogP contribution in [0.15, 0.2) is 4.42 Å². The van der Waals surface area contributed by atoms with Crippen molar-refractivity contribution < 1.29 is 19.1 Å². The highest BCUT2D eigenvalue weighted by molar-refractivity contribution is 5.32. The lowest BCUT2D eigenvalue weighted by atomic mass is 10.2. The smallest absolute Gasteiger partial charge is 0.318 e. The number of carboxylic acid groups (broad SMARTS) is 1. The predicted molar refractivity (Wildman–Crippen MR) is 75.1 cm³/mol. The Bertz CT molecular complexity index is 440. The molecule has 0 spiro atoms. The van der Waals surface area contributed by atoms with Crippen molar-refractivity contribution in [2.24, 2.45) is 0 Å². The molecule has 0 amide bonds. The summed E-state index contributed by atoms with van der Waals surface area (Å²) in [5.41, 5.74) is 0. The van der Waals surface area contributed by atoms with Crippen LogP contribution in [0, 0.1) is 0 Å². The van der Waals surface area contributed by atoms with Crippen LogP contribution in [0.3, 0.4) is 0 Å². The van der Waals surface area contributed by atoms with Gasteiger partial charge in [0.25, 0.3) is 6.47 Å². The molecule has 1 aromatic heterocycles. The van der Waals surface area contributed by atoms with Crippen molar-refractivity contribution in [2.75, 3.05) is 38.2 Å². The predicted octanol–water partition coefficient (Wildman–Crippen LogP) is 0.591. The maximum Gasteiger partial charge on any atom is 0.318 e. The third-order valence-corrected chi connectivity index (χ3v) is 3.80. The van der Waals surface area contributed by atoms with Crippen LogP contribution in [0.2, 0.25) is 0 Å². The Morgan fingerprint density at radius 3 is 2.90 bits per heavy atom. The molecule has 0 aromatic carbocycles. The SMILES string of the molecule is COCc1nnc(N2CCCN3CCC[C@H]3C2)o1.O=CO. The van der Waals surface area contributed by atoms with Gasteiger partial charge in [0.2, 0.25) is 5.89 Å². The van der Waals surface area contributed by atoms with Gasteiger partial charge in [0.15, 0.2) is 0 Å². The number of aromatic nitrogens is 2. The molecule has 1 N–H and O–H groups in total. The molecule has 0 radical (unpaired) electrons. The third kappa shape index (κ3) is 4.15. The fraction of sp³-hybridized carbons (Fsp3) is 0.769. The third-order valence-electron chi connectivity index (χ3n) is 3.80. The molecular formula is C13H22N4O4. The van der Waals surface area contributed by atoms with Crippen molar-refractivity contribution in [3.63, 3.8) is 0 Å². The second kappa shape index (κ2) is 7.94. The maximum atomic E-state index is 8.36. The maximum absolute atomic E-state index is 8.36. The Morgan fingerprint density at radius 1 is 1.38 bits per heavy atom. The summed E-state index contributed by atoms with van der Waals surface area (Å²) in [6.45, 7) is 4.59. The summed E-state index contributed by atoms with van der Waals surface area (Å²) in [5.74, 6) is 0.556. The summed E-state index contributed by atoms with van der Waals surface area (Å²) in [6, 6.07) is 1.31. The number of hydrogen-bond donors (Lipinski definition) is 1. The Hall–Kier alpha value is -1.67. The number of nitrogens with zero attached hydrogens (tertiary/aromatic N) is 4. The van der Waals surface area contributed by atoms with Gasteiger partial charge in [0.05, 0.1) is 0 Å². The first kappa shape index (κ1) is 15.7. The van der Waals surface area contributed by atoms with Gasteiger partial charge in [-0.05, 0) is 25.8 Å². The highest BCUT2D eigenvalue weighted by Crippen LogP contribution is 2.24. The molecule has 2 aliphatic rings. The molecule has 0 saturated carbocycles. The van der Waals surface area contributed by atoms with Crippen molar-refractivity contribution in [3.8, 4) is 0 Å². The van der Waals surface area contributed by atoms with Gasteiger partial charge < -0.3 is 19.2 Å². The van der Waals surface area contributed by atoms with Gasteiger partial charge in [-0.1, -0.05) is 5.10 Å². The largest absolute Gasteiger partial charge is 0.483 e. The van der Waals surface area contributed by atoms with Crippen LogP contribution in [0.4, 0.5) is 6.01 Å². The molecule has 0 bridgehead atoms. The Balaban J connectivity index is 0.000000497. The highest BCUT2D eigenvalue weighted by Gasteiger charge is 2.30. The molecule has 2 saturated heterocycles. The number of rotatable bonds is 3. The normalized spacial score (nSPS) is 22.1. The van der Waals surface area contributed by atoms with E-state index < -0.39 is 0 Å². The number of anilines is 1. The summed E-state index contributed by atoms with van der Waals surface area (Å²) in [5, 5.41) is 15.0. The lowest BCUT2D eigenvalue weighted by molar-refractivity contribution is -0.122. The zero-order chi connectivity index (χ0) is 15.1. The van der Waals surface area contributed by atoms with Crippen LogP contribution in [-0.2, 0) is 16.1 Å². The molecule has 0 aliphatic carbocycles. The molecule has 118 valence electrons. The monoisotopic (exact) mass is 298 g/mol. The van der Waals surface area contributed by atoms with Gasteiger partial charge in [0, 0.05) is 32.8 Å². The molecule has 1 atom stereocenters. The van der Waals surface area contributed by atoms with Crippen molar-refractivity contribution in [1.82, 2.24) is 15.1 Å². The average Bonchev–Trinajstić information content (AvgIpc) is 3.06. The zero-order valence-electron chi connectivity index (χ0n) is 12.3. The van der Waals surface area contributed by atoms with E-state index in [0.717, 1.165) is 13.1 Å². The molecule has 21 heavy (non-hydrogen) atoms. The van der Waals surface area contributed by atoms with Gasteiger partial charge in [-0.2, -0.15) is 0 Å². The zero-order valence-corrected chi connectivity index (χ0v) is 12.3. The van der Waals surface area contributed by atoms with Crippen LogP contribution in [0.1, 0.15) is 25.2 Å². The van der Waals surface area contributed by atoms with Crippen LogP contribution in [0.25, 0.3) is 0 Å². The summed E-state index contributed by atoms with van der Waals surface area (Å²) in [7, 11) is 1.63. The van der Waals surface area contributed by atoms with Crippen LogP contribution in [0.5, 0.6) is 0 Å². The van der Waals surface area contributed by atoms with Gasteiger partial charge in [0.1, 0.15) is 6.61 Å². The molecule has 8 heteroatoms. The minimum atomic E-state index is -0.250. The molecule has 3 rings (SSSR count). The standard InChI is InChI=1S/C12H20N4O2.CH2O2/c1-17-9-11-13-14-12(18-11)16-7-3-6-15-5-2-4-10(15)8-16;2-1-3/h10H,2-9H2,1H3;1H,(H,2,3)/t10-;/m0./s1. The van der Waals surface area contributed by atoms with Crippen LogP contribution in [-0.4, -0.2) is 66.0 Å². The van der Waals surface area contributed by atoms with E-state index in [2.05, 4.69) is 20.0 Å². The van der Waals surface area contributed by atoms with E-state index in [1.165, 1.54) is 32.4 Å². The number of methoxy groups -OCH3 is 1. The van der Waals surface area contributed by atoms with E-state index in [1.807, 2.05) is 0 Å². The fourth-order valence-electron chi connectivity index (χ4n) is 2.93. The molecule has 0 unspecified atom stereocenters. The first-order valence-corrected chi connectivity index (χ1v) is 7.16. The van der Waals surface area contributed by atoms with Crippen LogP contribution >= 0.6 is 0 Å². The first-order valence-electron chi connectivity index (χ1n) is 7.16. The summed E-state index contributed by atoms with van der Waals surface area (Å²) in [6.07, 6.45) is 3.77.